The number of ether oxygens (including phenoxy) is 1. The predicted molar refractivity (Wildman–Crippen MR) is 84.5 cm³/mol. The summed E-state index contributed by atoms with van der Waals surface area (Å²) in [6, 6.07) is 17.2. The number of urea groups is 1. The molecule has 0 aliphatic carbocycles. The van der Waals surface area contributed by atoms with Crippen LogP contribution in [0.3, 0.4) is 0 Å². The van der Waals surface area contributed by atoms with E-state index in [2.05, 4.69) is 10.6 Å². The van der Waals surface area contributed by atoms with Crippen LogP contribution in [0.25, 0.3) is 0 Å². The van der Waals surface area contributed by atoms with Gasteiger partial charge >= 0.3 is 6.03 Å². The van der Waals surface area contributed by atoms with Crippen molar-refractivity contribution < 1.29 is 9.53 Å². The maximum absolute atomic E-state index is 11.6. The van der Waals surface area contributed by atoms with Crippen LogP contribution in [0.1, 0.15) is 19.4 Å². The third kappa shape index (κ3) is 5.18. The molecule has 2 aromatic rings. The zero-order valence-electron chi connectivity index (χ0n) is 12.3. The molecule has 21 heavy (non-hydrogen) atoms. The maximum Gasteiger partial charge on any atom is 0.319 e. The minimum atomic E-state index is -0.206. The summed E-state index contributed by atoms with van der Waals surface area (Å²) in [7, 11) is 0. The molecule has 0 aromatic heterocycles. The van der Waals surface area contributed by atoms with E-state index in [1.54, 1.807) is 0 Å². The van der Waals surface area contributed by atoms with Crippen molar-refractivity contribution in [3.63, 3.8) is 0 Å². The molecule has 0 spiro atoms. The third-order valence-corrected chi connectivity index (χ3v) is 2.78. The fourth-order valence-corrected chi connectivity index (χ4v) is 1.80. The Kier molecular flexibility index (Phi) is 5.21. The van der Waals surface area contributed by atoms with E-state index in [1.807, 2.05) is 68.4 Å². The fraction of sp³-hybridized carbons (Fsp3) is 0.235. The third-order valence-electron chi connectivity index (χ3n) is 2.78. The minimum Gasteiger partial charge on any atom is -0.489 e. The molecular weight excluding hydrogens is 264 g/mol. The van der Waals surface area contributed by atoms with Crippen LogP contribution >= 0.6 is 0 Å². The highest BCUT2D eigenvalue weighted by Gasteiger charge is 2.03. The van der Waals surface area contributed by atoms with Gasteiger partial charge in [0.1, 0.15) is 12.4 Å². The topological polar surface area (TPSA) is 50.4 Å². The largest absolute Gasteiger partial charge is 0.489 e. The quantitative estimate of drug-likeness (QED) is 0.877. The van der Waals surface area contributed by atoms with E-state index in [0.29, 0.717) is 6.61 Å². The molecular formula is C17H20N2O2. The number of carbonyl (C=O) groups excluding carboxylic acids is 1. The van der Waals surface area contributed by atoms with Crippen molar-refractivity contribution in [1.82, 2.24) is 5.32 Å². The summed E-state index contributed by atoms with van der Waals surface area (Å²) in [6.07, 6.45) is 0. The summed E-state index contributed by atoms with van der Waals surface area (Å²) in [5.74, 6) is 0.772. The van der Waals surface area contributed by atoms with Gasteiger partial charge in [0.05, 0.1) is 0 Å². The molecule has 2 rings (SSSR count). The van der Waals surface area contributed by atoms with Crippen molar-refractivity contribution in [2.75, 3.05) is 5.32 Å². The standard InChI is InChI=1S/C17H20N2O2/c1-13(2)18-17(20)19-15-8-10-16(11-9-15)21-12-14-6-4-3-5-7-14/h3-11,13H,12H2,1-2H3,(H2,18,19,20). The Hall–Kier alpha value is -2.49. The highest BCUT2D eigenvalue weighted by molar-refractivity contribution is 5.89. The molecule has 0 atom stereocenters. The Morgan fingerprint density at radius 2 is 1.71 bits per heavy atom. The SMILES string of the molecule is CC(C)NC(=O)Nc1ccc(OCc2ccccc2)cc1. The van der Waals surface area contributed by atoms with E-state index in [-0.39, 0.29) is 12.1 Å². The van der Waals surface area contributed by atoms with Crippen LogP contribution in [-0.4, -0.2) is 12.1 Å². The van der Waals surface area contributed by atoms with Gasteiger partial charge in [-0.25, -0.2) is 4.79 Å². The summed E-state index contributed by atoms with van der Waals surface area (Å²) >= 11 is 0. The Bertz CT molecular complexity index is 565. The monoisotopic (exact) mass is 284 g/mol. The molecule has 0 aliphatic rings. The molecule has 110 valence electrons. The van der Waals surface area contributed by atoms with Gasteiger partial charge in [0.25, 0.3) is 0 Å². The lowest BCUT2D eigenvalue weighted by Crippen LogP contribution is -2.34. The molecule has 0 aliphatic heterocycles. The van der Waals surface area contributed by atoms with Crippen molar-refractivity contribution in [3.05, 3.63) is 60.2 Å². The number of amides is 2. The number of hydrogen-bond donors (Lipinski definition) is 2. The summed E-state index contributed by atoms with van der Waals surface area (Å²) in [6.45, 7) is 4.36. The van der Waals surface area contributed by atoms with Crippen LogP contribution in [0.5, 0.6) is 5.75 Å². The summed E-state index contributed by atoms with van der Waals surface area (Å²) in [5.41, 5.74) is 1.86. The zero-order valence-corrected chi connectivity index (χ0v) is 12.3. The number of anilines is 1. The van der Waals surface area contributed by atoms with Crippen LogP contribution < -0.4 is 15.4 Å². The van der Waals surface area contributed by atoms with Crippen molar-refractivity contribution in [2.24, 2.45) is 0 Å². The first-order valence-electron chi connectivity index (χ1n) is 6.98. The second-order valence-corrected chi connectivity index (χ2v) is 5.05. The normalized spacial score (nSPS) is 10.2. The van der Waals surface area contributed by atoms with E-state index in [1.165, 1.54) is 0 Å². The first-order valence-corrected chi connectivity index (χ1v) is 6.98. The van der Waals surface area contributed by atoms with E-state index < -0.39 is 0 Å². The lowest BCUT2D eigenvalue weighted by molar-refractivity contribution is 0.250. The second kappa shape index (κ2) is 7.33. The van der Waals surface area contributed by atoms with Gasteiger partial charge in [-0.2, -0.15) is 0 Å². The molecule has 0 saturated heterocycles. The number of rotatable bonds is 5. The highest BCUT2D eigenvalue weighted by atomic mass is 16.5. The first kappa shape index (κ1) is 14.9. The molecule has 4 nitrogen and oxygen atoms in total. The lowest BCUT2D eigenvalue weighted by Gasteiger charge is -2.11. The van der Waals surface area contributed by atoms with Crippen LogP contribution in [0.4, 0.5) is 10.5 Å². The molecule has 0 saturated carbocycles. The zero-order chi connectivity index (χ0) is 15.1. The van der Waals surface area contributed by atoms with Crippen LogP contribution in [0, 0.1) is 0 Å². The molecule has 0 bridgehead atoms. The fourth-order valence-electron chi connectivity index (χ4n) is 1.80. The molecule has 0 fully saturated rings. The van der Waals surface area contributed by atoms with Crippen LogP contribution in [0.15, 0.2) is 54.6 Å². The number of carbonyl (C=O) groups is 1. The van der Waals surface area contributed by atoms with Gasteiger partial charge in [0.15, 0.2) is 0 Å². The van der Waals surface area contributed by atoms with Gasteiger partial charge in [-0.05, 0) is 43.7 Å². The molecule has 0 heterocycles. The summed E-state index contributed by atoms with van der Waals surface area (Å²) in [5, 5.41) is 5.54. The summed E-state index contributed by atoms with van der Waals surface area (Å²) < 4.78 is 5.69. The first-order chi connectivity index (χ1) is 10.1. The minimum absolute atomic E-state index is 0.110. The molecule has 2 amide bonds. The maximum atomic E-state index is 11.6. The van der Waals surface area contributed by atoms with Crippen molar-refractivity contribution in [1.29, 1.82) is 0 Å². The average molecular weight is 284 g/mol. The number of nitrogens with one attached hydrogen (secondary N) is 2. The molecule has 4 heteroatoms. The Morgan fingerprint density at radius 1 is 1.05 bits per heavy atom. The predicted octanol–water partition coefficient (Wildman–Crippen LogP) is 3.80. The Morgan fingerprint density at radius 3 is 2.33 bits per heavy atom. The number of benzene rings is 2. The molecule has 2 aromatic carbocycles. The smallest absolute Gasteiger partial charge is 0.319 e. The molecule has 0 unspecified atom stereocenters. The summed E-state index contributed by atoms with van der Waals surface area (Å²) in [4.78, 5) is 11.6. The highest BCUT2D eigenvalue weighted by Crippen LogP contribution is 2.17. The Balaban J connectivity index is 1.86. The van der Waals surface area contributed by atoms with Crippen molar-refractivity contribution in [2.45, 2.75) is 26.5 Å². The van der Waals surface area contributed by atoms with Gasteiger partial charge in [0, 0.05) is 11.7 Å². The van der Waals surface area contributed by atoms with Gasteiger partial charge in [-0.1, -0.05) is 30.3 Å². The lowest BCUT2D eigenvalue weighted by atomic mass is 10.2. The van der Waals surface area contributed by atoms with E-state index in [0.717, 1.165) is 17.0 Å². The van der Waals surface area contributed by atoms with E-state index >= 15 is 0 Å². The van der Waals surface area contributed by atoms with Gasteiger partial charge in [-0.3, -0.25) is 0 Å². The van der Waals surface area contributed by atoms with Crippen LogP contribution in [-0.2, 0) is 6.61 Å². The van der Waals surface area contributed by atoms with Gasteiger partial charge in [-0.15, -0.1) is 0 Å². The Labute approximate surface area is 125 Å². The van der Waals surface area contributed by atoms with E-state index in [9.17, 15) is 4.79 Å². The van der Waals surface area contributed by atoms with Crippen molar-refractivity contribution in [3.8, 4) is 5.75 Å². The average Bonchev–Trinajstić information content (AvgIpc) is 2.47. The second-order valence-electron chi connectivity index (χ2n) is 5.05. The van der Waals surface area contributed by atoms with Gasteiger partial charge < -0.3 is 15.4 Å². The van der Waals surface area contributed by atoms with Crippen molar-refractivity contribution >= 4 is 11.7 Å². The van der Waals surface area contributed by atoms with E-state index in [4.69, 9.17) is 4.74 Å². The van der Waals surface area contributed by atoms with Crippen LogP contribution in [0.2, 0.25) is 0 Å². The number of hydrogen-bond acceptors (Lipinski definition) is 2. The van der Waals surface area contributed by atoms with Gasteiger partial charge in [0.2, 0.25) is 0 Å². The molecule has 0 radical (unpaired) electrons. The molecule has 2 N–H and O–H groups in total.